The summed E-state index contributed by atoms with van der Waals surface area (Å²) in [6.07, 6.45) is 3.95. The Balaban J connectivity index is 0.00000420. The second kappa shape index (κ2) is 13.5. The van der Waals surface area contributed by atoms with Crippen molar-refractivity contribution in [2.45, 2.75) is 32.2 Å². The molecule has 0 saturated carbocycles. The van der Waals surface area contributed by atoms with Crippen LogP contribution in [0.25, 0.3) is 0 Å². The zero-order valence-electron chi connectivity index (χ0n) is 17.2. The van der Waals surface area contributed by atoms with E-state index in [4.69, 9.17) is 28.9 Å². The van der Waals surface area contributed by atoms with E-state index in [0.29, 0.717) is 16.6 Å². The van der Waals surface area contributed by atoms with E-state index in [9.17, 15) is 4.79 Å². The largest absolute Gasteiger partial charge is 0.369 e. The van der Waals surface area contributed by atoms with Gasteiger partial charge in [0.1, 0.15) is 0 Å². The quantitative estimate of drug-likeness (QED) is 0.222. The molecular formula is C20H32Cl2IN5O. The van der Waals surface area contributed by atoms with Gasteiger partial charge in [-0.15, -0.1) is 24.0 Å². The van der Waals surface area contributed by atoms with Gasteiger partial charge in [0.25, 0.3) is 0 Å². The Morgan fingerprint density at radius 2 is 1.97 bits per heavy atom. The highest BCUT2D eigenvalue weighted by molar-refractivity contribution is 14.0. The van der Waals surface area contributed by atoms with Gasteiger partial charge < -0.3 is 20.9 Å². The Morgan fingerprint density at radius 3 is 2.55 bits per heavy atom. The minimum atomic E-state index is -0.153. The van der Waals surface area contributed by atoms with Crippen LogP contribution in [-0.2, 0) is 11.3 Å². The number of primary amides is 1. The number of hydrogen-bond donors (Lipinski definition) is 2. The van der Waals surface area contributed by atoms with Gasteiger partial charge in [0, 0.05) is 33.1 Å². The summed E-state index contributed by atoms with van der Waals surface area (Å²) in [7, 11) is 3.79. The molecule has 2 rings (SSSR count). The van der Waals surface area contributed by atoms with Crippen molar-refractivity contribution >= 4 is 59.0 Å². The maximum atomic E-state index is 11.2. The van der Waals surface area contributed by atoms with Gasteiger partial charge in [0.2, 0.25) is 5.91 Å². The van der Waals surface area contributed by atoms with Gasteiger partial charge in [-0.2, -0.15) is 0 Å². The summed E-state index contributed by atoms with van der Waals surface area (Å²) < 4.78 is 0. The lowest BCUT2D eigenvalue weighted by Gasteiger charge is -2.30. The molecular weight excluding hydrogens is 524 g/mol. The number of unbranched alkanes of at least 4 members (excludes halogenated alkanes) is 1. The second-order valence-corrected chi connectivity index (χ2v) is 8.12. The molecule has 0 unspecified atom stereocenters. The fourth-order valence-corrected chi connectivity index (χ4v) is 3.79. The molecule has 1 saturated heterocycles. The minimum absolute atomic E-state index is 0. The number of halogens is 3. The van der Waals surface area contributed by atoms with Crippen molar-refractivity contribution in [1.29, 1.82) is 0 Å². The lowest BCUT2D eigenvalue weighted by atomic mass is 9.96. The van der Waals surface area contributed by atoms with E-state index < -0.39 is 0 Å². The van der Waals surface area contributed by atoms with E-state index in [-0.39, 0.29) is 35.8 Å². The molecule has 0 radical (unpaired) electrons. The van der Waals surface area contributed by atoms with Crippen LogP contribution in [0.3, 0.4) is 0 Å². The molecule has 9 heteroatoms. The van der Waals surface area contributed by atoms with Gasteiger partial charge >= 0.3 is 0 Å². The SMILES string of the molecule is CN=C(NCCCCN1CCC(C(N)=O)CC1)N(C)Cc1ccc(Cl)c(Cl)c1.I. The number of nitrogens with one attached hydrogen (secondary N) is 1. The first-order valence-electron chi connectivity index (χ1n) is 9.78. The Kier molecular flexibility index (Phi) is 12.2. The van der Waals surface area contributed by atoms with Crippen LogP contribution in [0.2, 0.25) is 10.0 Å². The van der Waals surface area contributed by atoms with Crippen molar-refractivity contribution < 1.29 is 4.79 Å². The van der Waals surface area contributed by atoms with E-state index in [1.165, 1.54) is 0 Å². The Labute approximate surface area is 201 Å². The van der Waals surface area contributed by atoms with Crippen molar-refractivity contribution in [1.82, 2.24) is 15.1 Å². The Hall–Kier alpha value is -0.770. The number of carbonyl (C=O) groups excluding carboxylic acids is 1. The molecule has 1 aliphatic heterocycles. The topological polar surface area (TPSA) is 74.0 Å². The first-order chi connectivity index (χ1) is 13.4. The molecule has 1 aromatic carbocycles. The number of amides is 1. The van der Waals surface area contributed by atoms with E-state index in [1.54, 1.807) is 7.05 Å². The molecule has 6 nitrogen and oxygen atoms in total. The van der Waals surface area contributed by atoms with Gasteiger partial charge in [-0.05, 0) is 63.0 Å². The highest BCUT2D eigenvalue weighted by atomic mass is 127. The molecule has 1 aromatic rings. The molecule has 0 bridgehead atoms. The fourth-order valence-electron chi connectivity index (χ4n) is 3.47. The maximum absolute atomic E-state index is 11.2. The summed E-state index contributed by atoms with van der Waals surface area (Å²) in [5.41, 5.74) is 6.47. The number of hydrogen-bond acceptors (Lipinski definition) is 3. The molecule has 1 fully saturated rings. The van der Waals surface area contributed by atoms with Gasteiger partial charge in [-0.25, -0.2) is 0 Å². The summed E-state index contributed by atoms with van der Waals surface area (Å²) in [5, 5.41) is 4.54. The molecule has 0 aliphatic carbocycles. The number of guanidine groups is 1. The van der Waals surface area contributed by atoms with Crippen LogP contribution in [0.4, 0.5) is 0 Å². The van der Waals surface area contributed by atoms with Crippen molar-refractivity contribution in [3.05, 3.63) is 33.8 Å². The fraction of sp³-hybridized carbons (Fsp3) is 0.600. The normalized spacial score (nSPS) is 15.7. The minimum Gasteiger partial charge on any atom is -0.369 e. The third-order valence-electron chi connectivity index (χ3n) is 5.15. The van der Waals surface area contributed by atoms with E-state index in [2.05, 4.69) is 20.1 Å². The van der Waals surface area contributed by atoms with Crippen molar-refractivity contribution in [2.75, 3.05) is 40.3 Å². The smallest absolute Gasteiger partial charge is 0.220 e. The number of rotatable bonds is 8. The number of aliphatic imine (C=N–C) groups is 1. The Bertz CT molecular complexity index is 681. The van der Waals surface area contributed by atoms with Crippen LogP contribution in [0.1, 0.15) is 31.2 Å². The van der Waals surface area contributed by atoms with Crippen LogP contribution in [0, 0.1) is 5.92 Å². The van der Waals surface area contributed by atoms with Crippen LogP contribution >= 0.6 is 47.2 Å². The molecule has 1 heterocycles. The number of piperidine rings is 1. The number of nitrogens with zero attached hydrogens (tertiary/aromatic N) is 3. The molecule has 164 valence electrons. The number of benzene rings is 1. The van der Waals surface area contributed by atoms with Gasteiger partial charge in [-0.3, -0.25) is 9.79 Å². The molecule has 3 N–H and O–H groups in total. The van der Waals surface area contributed by atoms with Gasteiger partial charge in [0.05, 0.1) is 10.0 Å². The van der Waals surface area contributed by atoms with Gasteiger partial charge in [-0.1, -0.05) is 29.3 Å². The van der Waals surface area contributed by atoms with E-state index in [0.717, 1.165) is 63.4 Å². The molecule has 0 aromatic heterocycles. The predicted molar refractivity (Wildman–Crippen MR) is 132 cm³/mol. The molecule has 0 atom stereocenters. The zero-order valence-corrected chi connectivity index (χ0v) is 21.0. The monoisotopic (exact) mass is 555 g/mol. The van der Waals surface area contributed by atoms with Crippen LogP contribution in [0.5, 0.6) is 0 Å². The maximum Gasteiger partial charge on any atom is 0.220 e. The third-order valence-corrected chi connectivity index (χ3v) is 5.89. The standard InChI is InChI=1S/C20H31Cl2N5O.HI/c1-24-20(26(2)14-15-5-6-17(21)18(22)13-15)25-9-3-4-10-27-11-7-16(8-12-27)19(23)28;/h5-6,13,16H,3-4,7-12,14H2,1-2H3,(H2,23,28)(H,24,25);1H. The molecule has 1 aliphatic rings. The first kappa shape index (κ1) is 26.3. The third kappa shape index (κ3) is 8.86. The number of nitrogens with two attached hydrogens (primary N) is 1. The second-order valence-electron chi connectivity index (χ2n) is 7.30. The number of likely N-dealkylation sites (tertiary alicyclic amines) is 1. The molecule has 0 spiro atoms. The molecule has 1 amide bonds. The van der Waals surface area contributed by atoms with Crippen molar-refractivity contribution in [2.24, 2.45) is 16.6 Å². The lowest BCUT2D eigenvalue weighted by Crippen LogP contribution is -2.40. The van der Waals surface area contributed by atoms with Crippen molar-refractivity contribution in [3.8, 4) is 0 Å². The van der Waals surface area contributed by atoms with Crippen LogP contribution < -0.4 is 11.1 Å². The summed E-state index contributed by atoms with van der Waals surface area (Å²) in [4.78, 5) is 20.1. The van der Waals surface area contributed by atoms with Crippen molar-refractivity contribution in [3.63, 3.8) is 0 Å². The highest BCUT2D eigenvalue weighted by Crippen LogP contribution is 2.23. The molecule has 29 heavy (non-hydrogen) atoms. The van der Waals surface area contributed by atoms with E-state index >= 15 is 0 Å². The zero-order chi connectivity index (χ0) is 20.5. The van der Waals surface area contributed by atoms with Crippen LogP contribution in [-0.4, -0.2) is 61.9 Å². The van der Waals surface area contributed by atoms with E-state index in [1.807, 2.05) is 25.2 Å². The summed E-state index contributed by atoms with van der Waals surface area (Å²) >= 11 is 12.1. The Morgan fingerprint density at radius 1 is 1.28 bits per heavy atom. The summed E-state index contributed by atoms with van der Waals surface area (Å²) in [5.74, 6) is 0.765. The summed E-state index contributed by atoms with van der Waals surface area (Å²) in [6.45, 7) is 4.57. The average molecular weight is 556 g/mol. The first-order valence-corrected chi connectivity index (χ1v) is 10.5. The highest BCUT2D eigenvalue weighted by Gasteiger charge is 2.22. The van der Waals surface area contributed by atoms with Gasteiger partial charge in [0.15, 0.2) is 5.96 Å². The lowest BCUT2D eigenvalue weighted by molar-refractivity contribution is -0.123. The number of carbonyl (C=O) groups is 1. The predicted octanol–water partition coefficient (Wildman–Crippen LogP) is 3.60. The van der Waals surface area contributed by atoms with Crippen LogP contribution in [0.15, 0.2) is 23.2 Å². The average Bonchev–Trinajstić information content (AvgIpc) is 2.67. The summed E-state index contributed by atoms with van der Waals surface area (Å²) in [6, 6.07) is 5.67.